The smallest absolute Gasteiger partial charge is 0.361 e. The number of H-pyrrole nitrogens is 1. The van der Waals surface area contributed by atoms with Gasteiger partial charge in [0, 0.05) is 22.2 Å². The number of benzene rings is 2. The molecule has 4 rings (SSSR count). The standard InChI is InChI=1S/C21H18N4O3/c1-13-19(16-10-6-7-11-17(16)22-13)18(26)12-28-21(27)20-14(2)23-25(24-20)15-8-4-3-5-9-15/h3-11,22H,12H2,1-2H3. The zero-order valence-electron chi connectivity index (χ0n) is 15.5. The first-order valence-electron chi connectivity index (χ1n) is 8.81. The topological polar surface area (TPSA) is 89.9 Å². The van der Waals surface area contributed by atoms with E-state index in [4.69, 9.17) is 4.74 Å². The number of hydrogen-bond donors (Lipinski definition) is 1. The van der Waals surface area contributed by atoms with Gasteiger partial charge in [-0.25, -0.2) is 4.79 Å². The Morgan fingerprint density at radius 3 is 2.50 bits per heavy atom. The summed E-state index contributed by atoms with van der Waals surface area (Å²) in [6, 6.07) is 16.8. The fraction of sp³-hybridized carbons (Fsp3) is 0.143. The molecular weight excluding hydrogens is 356 g/mol. The van der Waals surface area contributed by atoms with E-state index in [2.05, 4.69) is 15.2 Å². The second kappa shape index (κ2) is 7.11. The molecule has 7 heteroatoms. The van der Waals surface area contributed by atoms with Gasteiger partial charge in [0.05, 0.1) is 11.4 Å². The van der Waals surface area contributed by atoms with Crippen LogP contribution in [-0.4, -0.2) is 38.3 Å². The number of nitrogens with zero attached hydrogens (tertiary/aromatic N) is 3. The molecule has 7 nitrogen and oxygen atoms in total. The Bertz CT molecular complexity index is 1180. The van der Waals surface area contributed by atoms with Crippen molar-refractivity contribution in [3.8, 4) is 5.69 Å². The van der Waals surface area contributed by atoms with Gasteiger partial charge in [-0.15, -0.1) is 5.10 Å². The van der Waals surface area contributed by atoms with Crippen molar-refractivity contribution < 1.29 is 14.3 Å². The minimum absolute atomic E-state index is 0.0901. The van der Waals surface area contributed by atoms with E-state index >= 15 is 0 Å². The molecule has 0 saturated heterocycles. The van der Waals surface area contributed by atoms with E-state index in [-0.39, 0.29) is 18.1 Å². The number of ether oxygens (including phenoxy) is 1. The zero-order chi connectivity index (χ0) is 19.7. The van der Waals surface area contributed by atoms with E-state index in [0.717, 1.165) is 22.3 Å². The number of aromatic nitrogens is 4. The summed E-state index contributed by atoms with van der Waals surface area (Å²) < 4.78 is 5.23. The third-order valence-corrected chi connectivity index (χ3v) is 4.47. The summed E-state index contributed by atoms with van der Waals surface area (Å²) in [6.07, 6.45) is 0. The number of ketones is 1. The molecule has 1 N–H and O–H groups in total. The van der Waals surface area contributed by atoms with Crippen molar-refractivity contribution in [1.82, 2.24) is 20.0 Å². The van der Waals surface area contributed by atoms with Crippen LogP contribution in [0.2, 0.25) is 0 Å². The lowest BCUT2D eigenvalue weighted by Gasteiger charge is -2.03. The Hall–Kier alpha value is -3.74. The van der Waals surface area contributed by atoms with Crippen LogP contribution in [0.3, 0.4) is 0 Å². The van der Waals surface area contributed by atoms with Crippen LogP contribution in [0.25, 0.3) is 16.6 Å². The summed E-state index contributed by atoms with van der Waals surface area (Å²) in [6.45, 7) is 3.14. The van der Waals surface area contributed by atoms with Gasteiger partial charge in [0.2, 0.25) is 5.78 Å². The van der Waals surface area contributed by atoms with Crippen LogP contribution in [-0.2, 0) is 4.74 Å². The van der Waals surface area contributed by atoms with Crippen LogP contribution in [0.1, 0.15) is 32.2 Å². The van der Waals surface area contributed by atoms with E-state index in [1.807, 2.05) is 61.5 Å². The second-order valence-corrected chi connectivity index (χ2v) is 6.43. The molecule has 4 aromatic rings. The molecule has 0 saturated carbocycles. The summed E-state index contributed by atoms with van der Waals surface area (Å²) in [5, 5.41) is 9.26. The number of fused-ring (bicyclic) bond motifs is 1. The molecule has 0 spiro atoms. The maximum atomic E-state index is 12.6. The van der Waals surface area contributed by atoms with Gasteiger partial charge in [0.15, 0.2) is 12.3 Å². The van der Waals surface area contributed by atoms with Crippen molar-refractivity contribution >= 4 is 22.7 Å². The van der Waals surface area contributed by atoms with E-state index in [1.54, 1.807) is 6.92 Å². The number of rotatable bonds is 5. The number of carbonyl (C=O) groups is 2. The molecule has 2 aromatic carbocycles. The SMILES string of the molecule is Cc1nn(-c2ccccc2)nc1C(=O)OCC(=O)c1c(C)[nH]c2ccccc12. The zero-order valence-corrected chi connectivity index (χ0v) is 15.5. The van der Waals surface area contributed by atoms with E-state index in [0.29, 0.717) is 11.3 Å². The highest BCUT2D eigenvalue weighted by Gasteiger charge is 2.21. The first-order chi connectivity index (χ1) is 13.5. The summed E-state index contributed by atoms with van der Waals surface area (Å²) in [5.74, 6) is -0.943. The molecule has 0 unspecified atom stereocenters. The lowest BCUT2D eigenvalue weighted by molar-refractivity contribution is 0.0468. The van der Waals surface area contributed by atoms with Gasteiger partial charge in [-0.2, -0.15) is 9.90 Å². The summed E-state index contributed by atoms with van der Waals surface area (Å²) in [4.78, 5) is 29.6. The number of para-hydroxylation sites is 2. The fourth-order valence-electron chi connectivity index (χ4n) is 3.15. The molecule has 0 radical (unpaired) electrons. The molecule has 0 amide bonds. The van der Waals surface area contributed by atoms with Crippen LogP contribution < -0.4 is 0 Å². The van der Waals surface area contributed by atoms with Crippen molar-refractivity contribution in [3.05, 3.63) is 77.2 Å². The number of esters is 1. The van der Waals surface area contributed by atoms with Crippen molar-refractivity contribution in [2.75, 3.05) is 6.61 Å². The number of nitrogens with one attached hydrogen (secondary N) is 1. The fourth-order valence-corrected chi connectivity index (χ4v) is 3.15. The number of hydrogen-bond acceptors (Lipinski definition) is 5. The quantitative estimate of drug-likeness (QED) is 0.427. The molecular formula is C21H18N4O3. The van der Waals surface area contributed by atoms with Crippen LogP contribution in [0, 0.1) is 13.8 Å². The van der Waals surface area contributed by atoms with E-state index in [1.165, 1.54) is 4.80 Å². The summed E-state index contributed by atoms with van der Waals surface area (Å²) in [7, 11) is 0. The first kappa shape index (κ1) is 17.7. The largest absolute Gasteiger partial charge is 0.452 e. The van der Waals surface area contributed by atoms with Crippen molar-refractivity contribution in [1.29, 1.82) is 0 Å². The molecule has 0 atom stereocenters. The molecule has 2 heterocycles. The number of aromatic amines is 1. The normalized spacial score (nSPS) is 10.9. The van der Waals surface area contributed by atoms with Crippen LogP contribution in [0.15, 0.2) is 54.6 Å². The third kappa shape index (κ3) is 3.18. The molecule has 2 aromatic heterocycles. The number of carbonyl (C=O) groups excluding carboxylic acids is 2. The predicted octanol–water partition coefficient (Wildman–Crippen LogP) is 3.41. The first-order valence-corrected chi connectivity index (χ1v) is 8.81. The molecule has 0 bridgehead atoms. The number of aryl methyl sites for hydroxylation is 2. The molecule has 28 heavy (non-hydrogen) atoms. The average molecular weight is 374 g/mol. The maximum absolute atomic E-state index is 12.6. The minimum atomic E-state index is -0.675. The van der Waals surface area contributed by atoms with Crippen molar-refractivity contribution in [3.63, 3.8) is 0 Å². The van der Waals surface area contributed by atoms with Crippen LogP contribution in [0.5, 0.6) is 0 Å². The second-order valence-electron chi connectivity index (χ2n) is 6.43. The average Bonchev–Trinajstić information content (AvgIpc) is 3.26. The van der Waals surface area contributed by atoms with E-state index < -0.39 is 5.97 Å². The van der Waals surface area contributed by atoms with E-state index in [9.17, 15) is 9.59 Å². The van der Waals surface area contributed by atoms with Crippen LogP contribution >= 0.6 is 0 Å². The van der Waals surface area contributed by atoms with Gasteiger partial charge in [-0.1, -0.05) is 36.4 Å². The molecule has 0 aliphatic rings. The summed E-state index contributed by atoms with van der Waals surface area (Å²) in [5.41, 5.74) is 3.41. The van der Waals surface area contributed by atoms with Gasteiger partial charge >= 0.3 is 5.97 Å². The van der Waals surface area contributed by atoms with Gasteiger partial charge in [0.25, 0.3) is 0 Å². The molecule has 0 fully saturated rings. The number of Topliss-reactive ketones (excluding diaryl/α,β-unsaturated/α-hetero) is 1. The predicted molar refractivity (Wildman–Crippen MR) is 104 cm³/mol. The van der Waals surface area contributed by atoms with Gasteiger partial charge in [-0.05, 0) is 32.0 Å². The third-order valence-electron chi connectivity index (χ3n) is 4.47. The molecule has 140 valence electrons. The summed E-state index contributed by atoms with van der Waals surface area (Å²) >= 11 is 0. The van der Waals surface area contributed by atoms with Crippen LogP contribution in [0.4, 0.5) is 0 Å². The Morgan fingerprint density at radius 1 is 1.00 bits per heavy atom. The Morgan fingerprint density at radius 2 is 1.71 bits per heavy atom. The van der Waals surface area contributed by atoms with Crippen molar-refractivity contribution in [2.45, 2.75) is 13.8 Å². The van der Waals surface area contributed by atoms with Gasteiger partial charge < -0.3 is 9.72 Å². The Balaban J connectivity index is 1.51. The Kier molecular flexibility index (Phi) is 4.49. The maximum Gasteiger partial charge on any atom is 0.361 e. The minimum Gasteiger partial charge on any atom is -0.452 e. The lowest BCUT2D eigenvalue weighted by atomic mass is 10.1. The van der Waals surface area contributed by atoms with Gasteiger partial charge in [0.1, 0.15) is 0 Å². The molecule has 0 aliphatic carbocycles. The lowest BCUT2D eigenvalue weighted by Crippen LogP contribution is -2.16. The monoisotopic (exact) mass is 374 g/mol. The highest BCUT2D eigenvalue weighted by atomic mass is 16.5. The highest BCUT2D eigenvalue weighted by Crippen LogP contribution is 2.22. The molecule has 0 aliphatic heterocycles. The van der Waals surface area contributed by atoms with Gasteiger partial charge in [-0.3, -0.25) is 4.79 Å². The highest BCUT2D eigenvalue weighted by molar-refractivity contribution is 6.10. The van der Waals surface area contributed by atoms with Crippen molar-refractivity contribution in [2.24, 2.45) is 0 Å². The Labute approximate surface area is 160 Å².